The van der Waals surface area contributed by atoms with Gasteiger partial charge in [0.2, 0.25) is 0 Å². The van der Waals surface area contributed by atoms with Crippen LogP contribution in [-0.4, -0.2) is 7.85 Å². The van der Waals surface area contributed by atoms with Gasteiger partial charge in [0.05, 0.1) is 7.85 Å². The van der Waals surface area contributed by atoms with Crippen LogP contribution in [0.5, 0.6) is 0 Å². The van der Waals surface area contributed by atoms with Crippen molar-refractivity contribution < 1.29 is 0 Å². The Balaban J connectivity index is 4.76. The maximum Gasteiger partial charge on any atom is 0.0809 e. The lowest BCUT2D eigenvalue weighted by atomic mass is 9.55. The smallest absolute Gasteiger partial charge is 0.0809 e. The van der Waals surface area contributed by atoms with E-state index in [4.69, 9.17) is 7.85 Å². The van der Waals surface area contributed by atoms with Gasteiger partial charge in [0.15, 0.2) is 0 Å². The topological polar surface area (TPSA) is 0 Å². The molecule has 12 heavy (non-hydrogen) atoms. The molecule has 0 unspecified atom stereocenters. The van der Waals surface area contributed by atoms with E-state index >= 15 is 0 Å². The largest absolute Gasteiger partial charge is 0.0879 e. The molecule has 2 radical (unpaired) electrons. The Labute approximate surface area is 78.9 Å². The standard InChI is InChI=1S/C11H21B/c1-8(2)7-11(12,9(3)4)10(5)6/h7,9-10H,1-6H3. The zero-order chi connectivity index (χ0) is 9.94. The van der Waals surface area contributed by atoms with Gasteiger partial charge >= 0.3 is 0 Å². The van der Waals surface area contributed by atoms with Crippen LogP contribution >= 0.6 is 0 Å². The van der Waals surface area contributed by atoms with E-state index in [-0.39, 0.29) is 5.31 Å². The minimum atomic E-state index is -0.140. The Bertz CT molecular complexity index is 154. The first-order valence-electron chi connectivity index (χ1n) is 4.75. The second-order valence-corrected chi connectivity index (χ2v) is 4.53. The molecule has 0 aromatic heterocycles. The molecule has 1 heteroatoms. The quantitative estimate of drug-likeness (QED) is 0.441. The molecule has 0 spiro atoms. The molecule has 0 atom stereocenters. The van der Waals surface area contributed by atoms with Gasteiger partial charge in [-0.15, -0.1) is 0 Å². The van der Waals surface area contributed by atoms with Crippen molar-refractivity contribution in [3.8, 4) is 0 Å². The molecule has 0 aromatic carbocycles. The summed E-state index contributed by atoms with van der Waals surface area (Å²) < 4.78 is 0. The Morgan fingerprint density at radius 3 is 1.50 bits per heavy atom. The predicted octanol–water partition coefficient (Wildman–Crippen LogP) is 3.59. The molecule has 0 aliphatic carbocycles. The molecule has 0 N–H and O–H groups in total. The highest BCUT2D eigenvalue weighted by Gasteiger charge is 2.28. The zero-order valence-electron chi connectivity index (χ0n) is 9.31. The first-order valence-corrected chi connectivity index (χ1v) is 4.75. The molecular weight excluding hydrogens is 143 g/mol. The van der Waals surface area contributed by atoms with Gasteiger partial charge in [-0.3, -0.25) is 0 Å². The Kier molecular flexibility index (Phi) is 4.09. The van der Waals surface area contributed by atoms with Crippen molar-refractivity contribution in [2.45, 2.75) is 46.9 Å². The summed E-state index contributed by atoms with van der Waals surface area (Å²) in [6, 6.07) is 0. The molecule has 0 saturated heterocycles. The van der Waals surface area contributed by atoms with Crippen LogP contribution in [0.15, 0.2) is 11.6 Å². The number of hydrogen-bond acceptors (Lipinski definition) is 0. The maximum absolute atomic E-state index is 6.31. The first-order chi connectivity index (χ1) is 5.30. The summed E-state index contributed by atoms with van der Waals surface area (Å²) in [6.45, 7) is 12.9. The van der Waals surface area contributed by atoms with Crippen molar-refractivity contribution in [2.24, 2.45) is 11.8 Å². The normalized spacial score (nSPS) is 12.3. The number of rotatable bonds is 3. The fourth-order valence-corrected chi connectivity index (χ4v) is 1.50. The van der Waals surface area contributed by atoms with Crippen molar-refractivity contribution in [1.29, 1.82) is 0 Å². The van der Waals surface area contributed by atoms with Gasteiger partial charge in [0.25, 0.3) is 0 Å². The van der Waals surface area contributed by atoms with E-state index in [9.17, 15) is 0 Å². The van der Waals surface area contributed by atoms with E-state index in [2.05, 4.69) is 47.6 Å². The molecule has 0 bridgehead atoms. The van der Waals surface area contributed by atoms with Gasteiger partial charge in [-0.1, -0.05) is 39.3 Å². The van der Waals surface area contributed by atoms with Crippen LogP contribution in [0, 0.1) is 11.8 Å². The molecule has 68 valence electrons. The van der Waals surface area contributed by atoms with Crippen LogP contribution in [0.3, 0.4) is 0 Å². The minimum Gasteiger partial charge on any atom is -0.0879 e. The van der Waals surface area contributed by atoms with E-state index < -0.39 is 0 Å². The molecule has 0 rings (SSSR count). The lowest BCUT2D eigenvalue weighted by Gasteiger charge is -2.36. The highest BCUT2D eigenvalue weighted by Crippen LogP contribution is 2.42. The van der Waals surface area contributed by atoms with E-state index in [0.717, 1.165) is 0 Å². The molecule has 0 aliphatic heterocycles. The van der Waals surface area contributed by atoms with E-state index in [0.29, 0.717) is 11.8 Å². The van der Waals surface area contributed by atoms with Crippen LogP contribution in [0.4, 0.5) is 0 Å². The predicted molar refractivity (Wildman–Crippen MR) is 57.6 cm³/mol. The molecular formula is C11H21B. The Hall–Kier alpha value is -0.195. The van der Waals surface area contributed by atoms with Crippen LogP contribution in [-0.2, 0) is 0 Å². The van der Waals surface area contributed by atoms with E-state index in [1.54, 1.807) is 0 Å². The van der Waals surface area contributed by atoms with Crippen molar-refractivity contribution in [3.05, 3.63) is 11.6 Å². The number of hydrogen-bond donors (Lipinski definition) is 0. The Morgan fingerprint density at radius 2 is 1.42 bits per heavy atom. The summed E-state index contributed by atoms with van der Waals surface area (Å²) in [6.07, 6.45) is 2.20. The number of allylic oxidation sites excluding steroid dienone is 2. The molecule has 0 amide bonds. The summed E-state index contributed by atoms with van der Waals surface area (Å²) in [5, 5.41) is -0.140. The van der Waals surface area contributed by atoms with Crippen molar-refractivity contribution in [1.82, 2.24) is 0 Å². The molecule has 0 aromatic rings. The summed E-state index contributed by atoms with van der Waals surface area (Å²) in [7, 11) is 6.31. The molecule has 0 saturated carbocycles. The zero-order valence-corrected chi connectivity index (χ0v) is 9.31. The van der Waals surface area contributed by atoms with Gasteiger partial charge < -0.3 is 0 Å². The van der Waals surface area contributed by atoms with Crippen LogP contribution < -0.4 is 0 Å². The summed E-state index contributed by atoms with van der Waals surface area (Å²) >= 11 is 0. The fourth-order valence-electron chi connectivity index (χ4n) is 1.50. The van der Waals surface area contributed by atoms with Gasteiger partial charge in [0, 0.05) is 0 Å². The first kappa shape index (κ1) is 11.8. The third-order valence-electron chi connectivity index (χ3n) is 2.54. The van der Waals surface area contributed by atoms with Crippen molar-refractivity contribution in [2.75, 3.05) is 0 Å². The van der Waals surface area contributed by atoms with Crippen LogP contribution in [0.2, 0.25) is 5.31 Å². The van der Waals surface area contributed by atoms with Crippen molar-refractivity contribution >= 4 is 7.85 Å². The minimum absolute atomic E-state index is 0.140. The van der Waals surface area contributed by atoms with Gasteiger partial charge in [0.1, 0.15) is 0 Å². The van der Waals surface area contributed by atoms with Gasteiger partial charge in [-0.05, 0) is 31.0 Å². The second kappa shape index (κ2) is 4.16. The molecule has 0 heterocycles. The Morgan fingerprint density at radius 1 is 1.08 bits per heavy atom. The average molecular weight is 164 g/mol. The summed E-state index contributed by atoms with van der Waals surface area (Å²) in [4.78, 5) is 0. The van der Waals surface area contributed by atoms with Crippen LogP contribution in [0.25, 0.3) is 0 Å². The maximum atomic E-state index is 6.31. The molecule has 0 fully saturated rings. The lowest BCUT2D eigenvalue weighted by Crippen LogP contribution is -2.24. The second-order valence-electron chi connectivity index (χ2n) is 4.53. The summed E-state index contributed by atoms with van der Waals surface area (Å²) in [5.41, 5.74) is 1.31. The third kappa shape index (κ3) is 2.69. The van der Waals surface area contributed by atoms with Crippen molar-refractivity contribution in [3.63, 3.8) is 0 Å². The molecule has 0 aliphatic rings. The molecule has 0 nitrogen and oxygen atoms in total. The lowest BCUT2D eigenvalue weighted by molar-refractivity contribution is 0.376. The van der Waals surface area contributed by atoms with Crippen LogP contribution in [0.1, 0.15) is 41.5 Å². The highest BCUT2D eigenvalue weighted by molar-refractivity contribution is 6.17. The third-order valence-corrected chi connectivity index (χ3v) is 2.54. The monoisotopic (exact) mass is 164 g/mol. The van der Waals surface area contributed by atoms with Gasteiger partial charge in [-0.2, -0.15) is 0 Å². The van der Waals surface area contributed by atoms with E-state index in [1.807, 2.05) is 0 Å². The average Bonchev–Trinajstić information content (AvgIpc) is 1.84. The summed E-state index contributed by atoms with van der Waals surface area (Å²) in [5.74, 6) is 0.986. The van der Waals surface area contributed by atoms with Gasteiger partial charge in [-0.25, -0.2) is 0 Å². The van der Waals surface area contributed by atoms with E-state index in [1.165, 1.54) is 5.57 Å². The fraction of sp³-hybridized carbons (Fsp3) is 0.818. The highest BCUT2D eigenvalue weighted by atomic mass is 14.3. The SMILES string of the molecule is [B]C(C=C(C)C)(C(C)C)C(C)C.